The average Bonchev–Trinajstić information content (AvgIpc) is 2.94. The summed E-state index contributed by atoms with van der Waals surface area (Å²) in [6, 6.07) is 7.59. The van der Waals surface area contributed by atoms with E-state index < -0.39 is 18.0 Å². The number of urea groups is 1. The number of imidazole rings is 1. The van der Waals surface area contributed by atoms with Crippen LogP contribution >= 0.6 is 0 Å². The molecule has 0 saturated carbocycles. The highest BCUT2D eigenvalue weighted by Gasteiger charge is 2.35. The summed E-state index contributed by atoms with van der Waals surface area (Å²) in [4.78, 5) is 32.1. The molecule has 0 fully saturated rings. The molecule has 0 saturated heterocycles. The van der Waals surface area contributed by atoms with Crippen LogP contribution in [0, 0.1) is 0 Å². The summed E-state index contributed by atoms with van der Waals surface area (Å²) in [5.41, 5.74) is 2.10. The van der Waals surface area contributed by atoms with E-state index in [1.165, 1.54) is 11.2 Å². The molecule has 2 heterocycles. The lowest BCUT2D eigenvalue weighted by molar-refractivity contribution is -0.142. The van der Waals surface area contributed by atoms with Crippen LogP contribution in [-0.2, 0) is 17.8 Å². The van der Waals surface area contributed by atoms with Gasteiger partial charge in [0.2, 0.25) is 0 Å². The number of aliphatic carboxylic acids is 1. The number of nitrogens with zero attached hydrogens (tertiary/aromatic N) is 2. The summed E-state index contributed by atoms with van der Waals surface area (Å²) < 4.78 is 0. The summed E-state index contributed by atoms with van der Waals surface area (Å²) in [6.45, 7) is 0.199. The Morgan fingerprint density at radius 2 is 2.10 bits per heavy atom. The lowest BCUT2D eigenvalue weighted by atomic mass is 10.0. The number of hydrogen-bond donors (Lipinski definition) is 3. The lowest BCUT2D eigenvalue weighted by Crippen LogP contribution is -2.50. The van der Waals surface area contributed by atoms with Crippen molar-refractivity contribution in [1.82, 2.24) is 14.9 Å². The summed E-state index contributed by atoms with van der Waals surface area (Å²) in [5, 5.41) is 12.0. The Labute approximate surface area is 120 Å². The number of rotatable bonds is 2. The Kier molecular flexibility index (Phi) is 3.31. The van der Waals surface area contributed by atoms with Crippen LogP contribution in [0.3, 0.4) is 0 Å². The number of aromatic nitrogens is 2. The topological polar surface area (TPSA) is 98.3 Å². The van der Waals surface area contributed by atoms with Gasteiger partial charge in [-0.1, -0.05) is 18.2 Å². The van der Waals surface area contributed by atoms with E-state index in [-0.39, 0.29) is 13.0 Å². The van der Waals surface area contributed by atoms with Gasteiger partial charge < -0.3 is 20.3 Å². The van der Waals surface area contributed by atoms with E-state index in [2.05, 4.69) is 15.3 Å². The maximum absolute atomic E-state index is 12.3. The minimum absolute atomic E-state index is 0.199. The number of carbonyl (C=O) groups excluding carboxylic acids is 1. The molecule has 1 atom stereocenters. The first-order valence-electron chi connectivity index (χ1n) is 6.52. The molecule has 2 aromatic rings. The highest BCUT2D eigenvalue weighted by Crippen LogP contribution is 2.22. The van der Waals surface area contributed by atoms with E-state index in [4.69, 9.17) is 0 Å². The van der Waals surface area contributed by atoms with Gasteiger partial charge in [0.25, 0.3) is 0 Å². The van der Waals surface area contributed by atoms with Crippen molar-refractivity contribution in [1.29, 1.82) is 0 Å². The van der Waals surface area contributed by atoms with Gasteiger partial charge in [-0.15, -0.1) is 0 Å². The van der Waals surface area contributed by atoms with Crippen molar-refractivity contribution in [3.05, 3.63) is 48.0 Å². The number of benzene rings is 1. The molecule has 1 aliphatic heterocycles. The summed E-state index contributed by atoms with van der Waals surface area (Å²) in [6.07, 6.45) is 1.72. The number of H-pyrrole nitrogens is 1. The number of hydrogen-bond acceptors (Lipinski definition) is 3. The smallest absolute Gasteiger partial charge is 0.326 e. The third-order valence-electron chi connectivity index (χ3n) is 3.47. The van der Waals surface area contributed by atoms with E-state index in [0.29, 0.717) is 11.4 Å². The van der Waals surface area contributed by atoms with E-state index in [0.717, 1.165) is 5.69 Å². The molecule has 21 heavy (non-hydrogen) atoms. The minimum Gasteiger partial charge on any atom is -0.480 e. The fraction of sp³-hybridized carbons (Fsp3) is 0.214. The van der Waals surface area contributed by atoms with Crippen LogP contribution < -0.4 is 5.32 Å². The Hall–Kier alpha value is -2.83. The zero-order valence-corrected chi connectivity index (χ0v) is 11.1. The number of para-hydroxylation sites is 1. The molecular weight excluding hydrogens is 272 g/mol. The molecule has 0 bridgehead atoms. The molecule has 0 radical (unpaired) electrons. The summed E-state index contributed by atoms with van der Waals surface area (Å²) in [5.74, 6) is -1.04. The van der Waals surface area contributed by atoms with Crippen LogP contribution in [0.1, 0.15) is 11.4 Å². The third kappa shape index (κ3) is 2.58. The number of carbonyl (C=O) groups is 2. The van der Waals surface area contributed by atoms with Gasteiger partial charge in [-0.25, -0.2) is 14.6 Å². The fourth-order valence-corrected chi connectivity index (χ4v) is 2.39. The molecule has 0 spiro atoms. The van der Waals surface area contributed by atoms with Crippen molar-refractivity contribution in [3.63, 3.8) is 0 Å². The number of carboxylic acid groups (broad SMARTS) is 1. The predicted molar refractivity (Wildman–Crippen MR) is 74.7 cm³/mol. The van der Waals surface area contributed by atoms with Crippen molar-refractivity contribution < 1.29 is 14.7 Å². The van der Waals surface area contributed by atoms with E-state index >= 15 is 0 Å². The van der Waals surface area contributed by atoms with E-state index in [1.54, 1.807) is 24.3 Å². The standard InChI is InChI=1S/C14H14N4O3/c19-13(20)12-6-10-11(16-8-15-10)7-18(12)14(21)17-9-4-2-1-3-5-9/h1-5,8,12H,6-7H2,(H,15,16)(H,17,21)(H,19,20)/t12-/m0/s1. The quantitative estimate of drug-likeness (QED) is 0.778. The fourth-order valence-electron chi connectivity index (χ4n) is 2.39. The first-order valence-corrected chi connectivity index (χ1v) is 6.52. The second-order valence-corrected chi connectivity index (χ2v) is 4.81. The third-order valence-corrected chi connectivity index (χ3v) is 3.47. The second-order valence-electron chi connectivity index (χ2n) is 4.81. The number of nitrogens with one attached hydrogen (secondary N) is 2. The first-order chi connectivity index (χ1) is 10.1. The predicted octanol–water partition coefficient (Wildman–Crippen LogP) is 1.45. The lowest BCUT2D eigenvalue weighted by Gasteiger charge is -2.32. The molecule has 3 rings (SSSR count). The average molecular weight is 286 g/mol. The largest absolute Gasteiger partial charge is 0.480 e. The van der Waals surface area contributed by atoms with Crippen LogP contribution in [0.2, 0.25) is 0 Å². The van der Waals surface area contributed by atoms with Crippen LogP contribution in [-0.4, -0.2) is 38.0 Å². The molecule has 7 nitrogen and oxygen atoms in total. The number of anilines is 1. The maximum Gasteiger partial charge on any atom is 0.326 e. The van der Waals surface area contributed by atoms with Crippen molar-refractivity contribution >= 4 is 17.7 Å². The van der Waals surface area contributed by atoms with Gasteiger partial charge >= 0.3 is 12.0 Å². The van der Waals surface area contributed by atoms with Gasteiger partial charge in [-0.2, -0.15) is 0 Å². The molecule has 2 amide bonds. The Morgan fingerprint density at radius 3 is 2.81 bits per heavy atom. The number of fused-ring (bicyclic) bond motifs is 1. The van der Waals surface area contributed by atoms with Gasteiger partial charge in [-0.3, -0.25) is 0 Å². The normalized spacial score (nSPS) is 17.1. The van der Waals surface area contributed by atoms with Crippen molar-refractivity contribution in [3.8, 4) is 0 Å². The molecule has 108 valence electrons. The number of carboxylic acids is 1. The van der Waals surface area contributed by atoms with E-state index in [9.17, 15) is 14.7 Å². The van der Waals surface area contributed by atoms with Crippen molar-refractivity contribution in [2.45, 2.75) is 19.0 Å². The van der Waals surface area contributed by atoms with Crippen LogP contribution in [0.25, 0.3) is 0 Å². The van der Waals surface area contributed by atoms with Crippen LogP contribution in [0.4, 0.5) is 10.5 Å². The summed E-state index contributed by atoms with van der Waals surface area (Å²) in [7, 11) is 0. The molecule has 1 aromatic carbocycles. The van der Waals surface area contributed by atoms with Crippen molar-refractivity contribution in [2.24, 2.45) is 0 Å². The van der Waals surface area contributed by atoms with Gasteiger partial charge in [-0.05, 0) is 12.1 Å². The molecule has 0 unspecified atom stereocenters. The summed E-state index contributed by atoms with van der Waals surface area (Å²) >= 11 is 0. The molecular formula is C14H14N4O3. The molecule has 1 aliphatic rings. The highest BCUT2D eigenvalue weighted by molar-refractivity contribution is 5.92. The van der Waals surface area contributed by atoms with Crippen molar-refractivity contribution in [2.75, 3.05) is 5.32 Å². The Balaban J connectivity index is 1.82. The number of aromatic amines is 1. The Bertz CT molecular complexity index is 668. The molecule has 1 aromatic heterocycles. The number of amides is 2. The monoisotopic (exact) mass is 286 g/mol. The van der Waals surface area contributed by atoms with Gasteiger partial charge in [0.05, 0.1) is 24.3 Å². The van der Waals surface area contributed by atoms with E-state index in [1.807, 2.05) is 6.07 Å². The zero-order chi connectivity index (χ0) is 14.8. The molecule has 0 aliphatic carbocycles. The first kappa shape index (κ1) is 13.2. The van der Waals surface area contributed by atoms with Gasteiger partial charge in [0.1, 0.15) is 6.04 Å². The van der Waals surface area contributed by atoms with Gasteiger partial charge in [0, 0.05) is 12.1 Å². The molecule has 7 heteroatoms. The van der Waals surface area contributed by atoms with Crippen LogP contribution in [0.15, 0.2) is 36.7 Å². The molecule has 3 N–H and O–H groups in total. The maximum atomic E-state index is 12.3. The van der Waals surface area contributed by atoms with Crippen LogP contribution in [0.5, 0.6) is 0 Å². The SMILES string of the molecule is O=C(O)[C@@H]1Cc2nc[nH]c2CN1C(=O)Nc1ccccc1. The minimum atomic E-state index is -1.04. The second kappa shape index (κ2) is 5.28. The Morgan fingerprint density at radius 1 is 1.33 bits per heavy atom. The zero-order valence-electron chi connectivity index (χ0n) is 11.1. The highest BCUT2D eigenvalue weighted by atomic mass is 16.4. The van der Waals surface area contributed by atoms with Gasteiger partial charge in [0.15, 0.2) is 0 Å².